The van der Waals surface area contributed by atoms with Gasteiger partial charge < -0.3 is 10.3 Å². The fourth-order valence-corrected chi connectivity index (χ4v) is 1.77. The smallest absolute Gasteiger partial charge is 0.441 e. The largest absolute Gasteiger partial charge is 0.457 e. The normalized spacial score (nSPS) is 15.8. The van der Waals surface area contributed by atoms with Gasteiger partial charge in [0, 0.05) is 5.92 Å². The molecule has 0 aromatic heterocycles. The quantitative estimate of drug-likeness (QED) is 0.228. The molecular weight excluding hydrogens is 196 g/mol. The Hall–Kier alpha value is -1.48. The molecule has 5 heteroatoms. The predicted molar refractivity (Wildman–Crippen MR) is 52.2 cm³/mol. The summed E-state index contributed by atoms with van der Waals surface area (Å²) in [7, 11) is 0. The minimum atomic E-state index is -0.836. The van der Waals surface area contributed by atoms with E-state index in [9.17, 15) is 9.59 Å². The van der Waals surface area contributed by atoms with Crippen LogP contribution in [0.15, 0.2) is 0 Å². The van der Waals surface area contributed by atoms with Gasteiger partial charge in [-0.15, -0.1) is 0 Å². The fraction of sp³-hybridized carbons (Fsp3) is 0.700. The second kappa shape index (κ2) is 5.41. The van der Waals surface area contributed by atoms with Gasteiger partial charge in [-0.25, -0.2) is 4.79 Å². The van der Waals surface area contributed by atoms with Gasteiger partial charge in [-0.05, 0) is 19.8 Å². The first-order chi connectivity index (χ1) is 7.20. The van der Waals surface area contributed by atoms with Gasteiger partial charge in [-0.3, -0.25) is 4.79 Å². The second-order valence-corrected chi connectivity index (χ2v) is 3.51. The second-order valence-electron chi connectivity index (χ2n) is 3.51. The topological polar surface area (TPSA) is 79.8 Å². The lowest BCUT2D eigenvalue weighted by Gasteiger charge is -2.02. The van der Waals surface area contributed by atoms with E-state index in [0.29, 0.717) is 0 Å². The van der Waals surface area contributed by atoms with Crippen molar-refractivity contribution in [3.05, 3.63) is 5.53 Å². The molecular formula is C10H14N2O3. The third-order valence-electron chi connectivity index (χ3n) is 2.53. The van der Waals surface area contributed by atoms with Gasteiger partial charge in [0.2, 0.25) is 0 Å². The summed E-state index contributed by atoms with van der Waals surface area (Å²) in [5.74, 6) is -1.41. The van der Waals surface area contributed by atoms with E-state index < -0.39 is 17.5 Å². The highest BCUT2D eigenvalue weighted by Crippen LogP contribution is 2.25. The number of carbonyl (C=O) groups excluding carboxylic acids is 2. The summed E-state index contributed by atoms with van der Waals surface area (Å²) in [4.78, 5) is 25.7. The zero-order valence-electron chi connectivity index (χ0n) is 8.73. The Morgan fingerprint density at radius 3 is 2.47 bits per heavy atom. The van der Waals surface area contributed by atoms with E-state index >= 15 is 0 Å². The van der Waals surface area contributed by atoms with E-state index in [0.717, 1.165) is 25.7 Å². The molecule has 1 aliphatic rings. The molecule has 0 unspecified atom stereocenters. The Kier molecular flexibility index (Phi) is 4.18. The highest BCUT2D eigenvalue weighted by Gasteiger charge is 2.37. The van der Waals surface area contributed by atoms with E-state index in [2.05, 4.69) is 9.53 Å². The molecule has 5 nitrogen and oxygen atoms in total. The predicted octanol–water partition coefficient (Wildman–Crippen LogP) is 0.980. The van der Waals surface area contributed by atoms with Crippen molar-refractivity contribution < 1.29 is 19.1 Å². The third kappa shape index (κ3) is 2.73. The Bertz CT molecular complexity index is 313. The van der Waals surface area contributed by atoms with Crippen molar-refractivity contribution in [1.29, 1.82) is 0 Å². The van der Waals surface area contributed by atoms with Gasteiger partial charge in [0.05, 0.1) is 6.61 Å². The molecule has 0 aliphatic heterocycles. The zero-order chi connectivity index (χ0) is 11.3. The minimum Gasteiger partial charge on any atom is -0.457 e. The average molecular weight is 210 g/mol. The van der Waals surface area contributed by atoms with Crippen LogP contribution in [0.1, 0.15) is 32.6 Å². The van der Waals surface area contributed by atoms with Gasteiger partial charge in [0.1, 0.15) is 0 Å². The lowest BCUT2D eigenvalue weighted by Crippen LogP contribution is -2.31. The number of Topliss-reactive ketones (excluding diaryl/α,β-unsaturated/α-hetero) is 1. The summed E-state index contributed by atoms with van der Waals surface area (Å²) in [5, 5.41) is 0. The van der Waals surface area contributed by atoms with Crippen molar-refractivity contribution in [3.8, 4) is 0 Å². The Balaban J connectivity index is 2.70. The van der Waals surface area contributed by atoms with E-state index in [1.165, 1.54) is 0 Å². The number of rotatable bonds is 4. The zero-order valence-corrected chi connectivity index (χ0v) is 8.73. The van der Waals surface area contributed by atoms with Crippen LogP contribution >= 0.6 is 0 Å². The van der Waals surface area contributed by atoms with E-state index in [1.807, 2.05) is 0 Å². The number of ketones is 1. The number of hydrogen-bond acceptors (Lipinski definition) is 3. The standard InChI is InChI=1S/C10H14N2O3/c1-2-15-10(14)8(12-11)9(13)7-5-3-4-6-7/h7H,2-6H2,1H3. The molecule has 82 valence electrons. The fourth-order valence-electron chi connectivity index (χ4n) is 1.77. The van der Waals surface area contributed by atoms with Crippen molar-refractivity contribution in [1.82, 2.24) is 0 Å². The van der Waals surface area contributed by atoms with Crippen LogP contribution in [0.4, 0.5) is 0 Å². The highest BCUT2D eigenvalue weighted by atomic mass is 16.5. The molecule has 0 radical (unpaired) electrons. The van der Waals surface area contributed by atoms with Crippen LogP contribution < -0.4 is 0 Å². The molecule has 1 fully saturated rings. The van der Waals surface area contributed by atoms with E-state index in [-0.39, 0.29) is 12.5 Å². The maximum absolute atomic E-state index is 11.7. The molecule has 15 heavy (non-hydrogen) atoms. The Morgan fingerprint density at radius 2 is 2.00 bits per heavy atom. The number of ether oxygens (including phenoxy) is 1. The van der Waals surface area contributed by atoms with Gasteiger partial charge >= 0.3 is 11.7 Å². The van der Waals surface area contributed by atoms with Crippen molar-refractivity contribution in [2.24, 2.45) is 5.92 Å². The van der Waals surface area contributed by atoms with E-state index in [1.54, 1.807) is 6.92 Å². The van der Waals surface area contributed by atoms with Crippen LogP contribution in [0.5, 0.6) is 0 Å². The molecule has 0 aromatic carbocycles. The van der Waals surface area contributed by atoms with Crippen LogP contribution in [0.25, 0.3) is 5.53 Å². The summed E-state index contributed by atoms with van der Waals surface area (Å²) >= 11 is 0. The molecule has 0 saturated heterocycles. The molecule has 1 saturated carbocycles. The van der Waals surface area contributed by atoms with Gasteiger partial charge in [-0.2, -0.15) is 4.79 Å². The SMILES string of the molecule is CCOC(=O)C(=[N+]=[N-])C(=O)C1CCCC1. The molecule has 0 heterocycles. The number of nitrogens with zero attached hydrogens (tertiary/aromatic N) is 2. The maximum atomic E-state index is 11.7. The average Bonchev–Trinajstić information content (AvgIpc) is 2.71. The minimum absolute atomic E-state index is 0.162. The van der Waals surface area contributed by atoms with Crippen LogP contribution in [0, 0.1) is 5.92 Å². The van der Waals surface area contributed by atoms with Crippen LogP contribution in [0.3, 0.4) is 0 Å². The molecule has 0 atom stereocenters. The van der Waals surface area contributed by atoms with Gasteiger partial charge in [0.25, 0.3) is 5.78 Å². The van der Waals surface area contributed by atoms with Crippen molar-refractivity contribution in [2.45, 2.75) is 32.6 Å². The molecule has 0 bridgehead atoms. The Morgan fingerprint density at radius 1 is 1.40 bits per heavy atom. The molecule has 0 N–H and O–H groups in total. The molecule has 0 amide bonds. The number of esters is 1. The Labute approximate surface area is 88.0 Å². The molecule has 1 aliphatic carbocycles. The maximum Gasteiger partial charge on any atom is 0.441 e. The summed E-state index contributed by atoms with van der Waals surface area (Å²) in [6, 6.07) is 0. The van der Waals surface area contributed by atoms with Crippen LogP contribution in [-0.4, -0.2) is 28.9 Å². The summed E-state index contributed by atoms with van der Waals surface area (Å²) < 4.78 is 4.63. The first-order valence-electron chi connectivity index (χ1n) is 5.14. The summed E-state index contributed by atoms with van der Waals surface area (Å²) in [6.45, 7) is 1.79. The van der Waals surface area contributed by atoms with Crippen molar-refractivity contribution in [2.75, 3.05) is 6.61 Å². The number of hydrogen-bond donors (Lipinski definition) is 0. The van der Waals surface area contributed by atoms with Crippen molar-refractivity contribution in [3.63, 3.8) is 0 Å². The first-order valence-corrected chi connectivity index (χ1v) is 5.14. The van der Waals surface area contributed by atoms with Crippen LogP contribution in [0.2, 0.25) is 0 Å². The molecule has 0 aromatic rings. The van der Waals surface area contributed by atoms with E-state index in [4.69, 9.17) is 5.53 Å². The molecule has 1 rings (SSSR count). The van der Waals surface area contributed by atoms with Crippen molar-refractivity contribution >= 4 is 17.5 Å². The third-order valence-corrected chi connectivity index (χ3v) is 2.53. The highest BCUT2D eigenvalue weighted by molar-refractivity contribution is 6.62. The monoisotopic (exact) mass is 210 g/mol. The summed E-state index contributed by atoms with van der Waals surface area (Å²) in [6.07, 6.45) is 3.49. The first kappa shape index (κ1) is 11.6. The van der Waals surface area contributed by atoms with Crippen LogP contribution in [-0.2, 0) is 14.3 Å². The van der Waals surface area contributed by atoms with Gasteiger partial charge in [0.15, 0.2) is 0 Å². The lowest BCUT2D eigenvalue weighted by molar-refractivity contribution is -0.142. The number of carbonyl (C=O) groups is 2. The lowest BCUT2D eigenvalue weighted by atomic mass is 9.99. The molecule has 0 spiro atoms. The van der Waals surface area contributed by atoms with Gasteiger partial charge in [-0.1, -0.05) is 12.8 Å². The summed E-state index contributed by atoms with van der Waals surface area (Å²) in [5.41, 5.74) is 8.15.